The Morgan fingerprint density at radius 2 is 1.74 bits per heavy atom. The average Bonchev–Trinajstić information content (AvgIpc) is 2.78. The molecule has 0 aromatic rings. The molecule has 0 N–H and O–H groups in total. The van der Waals surface area contributed by atoms with Crippen molar-refractivity contribution in [3.63, 3.8) is 0 Å². The second-order valence-electron chi connectivity index (χ2n) is 5.99. The smallest absolute Gasteiger partial charge is 0.310 e. The quantitative estimate of drug-likeness (QED) is 0.474. The molecule has 112 valence electrons. The number of unbranched alkanes of at least 4 members (excludes halogenated alkanes) is 6. The lowest BCUT2D eigenvalue weighted by Crippen LogP contribution is -2.25. The van der Waals surface area contributed by atoms with Crippen LogP contribution >= 0.6 is 0 Å². The van der Waals surface area contributed by atoms with Crippen LogP contribution in [0.3, 0.4) is 0 Å². The highest BCUT2D eigenvalue weighted by Gasteiger charge is 2.34. The van der Waals surface area contributed by atoms with Crippen LogP contribution in [-0.4, -0.2) is 37.6 Å². The zero-order chi connectivity index (χ0) is 14.1. The lowest BCUT2D eigenvalue weighted by atomic mass is 9.99. The zero-order valence-corrected chi connectivity index (χ0v) is 13.0. The van der Waals surface area contributed by atoms with Gasteiger partial charge in [-0.25, -0.2) is 0 Å². The molecule has 0 radical (unpaired) electrons. The third kappa shape index (κ3) is 5.94. The highest BCUT2D eigenvalue weighted by Crippen LogP contribution is 2.24. The van der Waals surface area contributed by atoms with Crippen LogP contribution in [0.25, 0.3) is 0 Å². The molecule has 0 aromatic heterocycles. The van der Waals surface area contributed by atoms with Gasteiger partial charge in [0.2, 0.25) is 0 Å². The summed E-state index contributed by atoms with van der Waals surface area (Å²) in [5.74, 6) is 0.501. The number of carbonyl (C=O) groups is 1. The molecule has 1 saturated heterocycles. The molecule has 0 aliphatic carbocycles. The summed E-state index contributed by atoms with van der Waals surface area (Å²) >= 11 is 0. The fourth-order valence-corrected chi connectivity index (χ4v) is 3.00. The summed E-state index contributed by atoms with van der Waals surface area (Å²) in [4.78, 5) is 14.0. The van der Waals surface area contributed by atoms with E-state index >= 15 is 0 Å². The standard InChI is InChI=1S/C16H31NO2/c1-4-5-6-7-8-9-10-11-17-12-14(2)15(13-17)16(18)19-3/h14-15H,4-13H2,1-3H3. The molecule has 0 amide bonds. The van der Waals surface area contributed by atoms with Gasteiger partial charge in [0.05, 0.1) is 13.0 Å². The Kier molecular flexibility index (Phi) is 8.11. The van der Waals surface area contributed by atoms with Crippen LogP contribution < -0.4 is 0 Å². The highest BCUT2D eigenvalue weighted by molar-refractivity contribution is 5.73. The number of methoxy groups -OCH3 is 1. The van der Waals surface area contributed by atoms with E-state index in [1.165, 1.54) is 52.1 Å². The Balaban J connectivity index is 2.06. The maximum absolute atomic E-state index is 11.6. The van der Waals surface area contributed by atoms with Crippen molar-refractivity contribution in [1.82, 2.24) is 4.90 Å². The normalized spacial score (nSPS) is 23.7. The average molecular weight is 269 g/mol. The number of ether oxygens (including phenoxy) is 1. The predicted octanol–water partition coefficient (Wildman–Crippen LogP) is 3.48. The van der Waals surface area contributed by atoms with Crippen molar-refractivity contribution in [2.75, 3.05) is 26.7 Å². The second kappa shape index (κ2) is 9.35. The van der Waals surface area contributed by atoms with Crippen molar-refractivity contribution in [2.45, 2.75) is 58.8 Å². The van der Waals surface area contributed by atoms with Gasteiger partial charge in [-0.05, 0) is 18.9 Å². The Morgan fingerprint density at radius 1 is 1.11 bits per heavy atom. The number of nitrogens with zero attached hydrogens (tertiary/aromatic N) is 1. The van der Waals surface area contributed by atoms with E-state index in [0.29, 0.717) is 5.92 Å². The van der Waals surface area contributed by atoms with Crippen molar-refractivity contribution in [3.05, 3.63) is 0 Å². The summed E-state index contributed by atoms with van der Waals surface area (Å²) in [6.07, 6.45) is 9.44. The predicted molar refractivity (Wildman–Crippen MR) is 79.1 cm³/mol. The minimum atomic E-state index is -0.0328. The topological polar surface area (TPSA) is 29.5 Å². The van der Waals surface area contributed by atoms with E-state index in [9.17, 15) is 4.79 Å². The summed E-state index contributed by atoms with van der Waals surface area (Å²) in [7, 11) is 1.49. The van der Waals surface area contributed by atoms with Crippen LogP contribution in [0.5, 0.6) is 0 Å². The first-order valence-corrected chi connectivity index (χ1v) is 7.99. The van der Waals surface area contributed by atoms with Gasteiger partial charge in [-0.2, -0.15) is 0 Å². The molecule has 1 heterocycles. The fourth-order valence-electron chi connectivity index (χ4n) is 3.00. The van der Waals surface area contributed by atoms with Crippen LogP contribution in [0.4, 0.5) is 0 Å². The summed E-state index contributed by atoms with van der Waals surface area (Å²) in [6, 6.07) is 0. The number of carbonyl (C=O) groups excluding carboxylic acids is 1. The molecule has 1 aliphatic heterocycles. The number of esters is 1. The number of likely N-dealkylation sites (tertiary alicyclic amines) is 1. The molecule has 1 aliphatic rings. The number of hydrogen-bond donors (Lipinski definition) is 0. The van der Waals surface area contributed by atoms with Gasteiger partial charge in [0, 0.05) is 13.1 Å². The lowest BCUT2D eigenvalue weighted by Gasteiger charge is -2.15. The molecule has 3 heteroatoms. The summed E-state index contributed by atoms with van der Waals surface area (Å²) in [5, 5.41) is 0. The minimum absolute atomic E-state index is 0.0328. The van der Waals surface area contributed by atoms with Gasteiger partial charge in [0.1, 0.15) is 0 Å². The molecule has 1 rings (SSSR count). The first-order chi connectivity index (χ1) is 9.19. The summed E-state index contributed by atoms with van der Waals surface area (Å²) in [6.45, 7) is 7.50. The van der Waals surface area contributed by atoms with E-state index in [2.05, 4.69) is 18.7 Å². The van der Waals surface area contributed by atoms with Crippen molar-refractivity contribution < 1.29 is 9.53 Å². The SMILES string of the molecule is CCCCCCCCCN1CC(C)C(C(=O)OC)C1. The molecule has 0 saturated carbocycles. The Bertz CT molecular complexity index is 255. The van der Waals surface area contributed by atoms with Crippen LogP contribution in [-0.2, 0) is 9.53 Å². The molecule has 2 atom stereocenters. The van der Waals surface area contributed by atoms with Gasteiger partial charge in [-0.3, -0.25) is 4.79 Å². The van der Waals surface area contributed by atoms with Crippen LogP contribution in [0.2, 0.25) is 0 Å². The van der Waals surface area contributed by atoms with E-state index < -0.39 is 0 Å². The van der Waals surface area contributed by atoms with Crippen molar-refractivity contribution in [3.8, 4) is 0 Å². The molecular formula is C16H31NO2. The molecule has 2 unspecified atom stereocenters. The van der Waals surface area contributed by atoms with Gasteiger partial charge in [0.15, 0.2) is 0 Å². The third-order valence-electron chi connectivity index (χ3n) is 4.27. The molecule has 1 fully saturated rings. The lowest BCUT2D eigenvalue weighted by molar-refractivity contribution is -0.146. The number of rotatable bonds is 9. The van der Waals surface area contributed by atoms with Crippen LogP contribution in [0.15, 0.2) is 0 Å². The van der Waals surface area contributed by atoms with Crippen molar-refractivity contribution in [1.29, 1.82) is 0 Å². The van der Waals surface area contributed by atoms with Crippen LogP contribution in [0.1, 0.15) is 58.8 Å². The first-order valence-electron chi connectivity index (χ1n) is 7.99. The van der Waals surface area contributed by atoms with Gasteiger partial charge >= 0.3 is 5.97 Å². The molecule has 3 nitrogen and oxygen atoms in total. The first kappa shape index (κ1) is 16.5. The van der Waals surface area contributed by atoms with E-state index in [4.69, 9.17) is 4.74 Å². The van der Waals surface area contributed by atoms with E-state index in [1.807, 2.05) is 0 Å². The molecule has 0 spiro atoms. The molecular weight excluding hydrogens is 238 g/mol. The fraction of sp³-hybridized carbons (Fsp3) is 0.938. The Labute approximate surface area is 118 Å². The largest absolute Gasteiger partial charge is 0.469 e. The Hall–Kier alpha value is -0.570. The molecule has 0 aromatic carbocycles. The third-order valence-corrected chi connectivity index (χ3v) is 4.27. The minimum Gasteiger partial charge on any atom is -0.469 e. The summed E-state index contributed by atoms with van der Waals surface area (Å²) in [5.41, 5.74) is 0. The molecule has 19 heavy (non-hydrogen) atoms. The molecule has 0 bridgehead atoms. The highest BCUT2D eigenvalue weighted by atomic mass is 16.5. The van der Waals surface area contributed by atoms with Gasteiger partial charge < -0.3 is 9.64 Å². The van der Waals surface area contributed by atoms with Crippen LogP contribution in [0, 0.1) is 11.8 Å². The zero-order valence-electron chi connectivity index (χ0n) is 13.0. The second-order valence-corrected chi connectivity index (χ2v) is 5.99. The maximum Gasteiger partial charge on any atom is 0.310 e. The van der Waals surface area contributed by atoms with Gasteiger partial charge in [-0.15, -0.1) is 0 Å². The Morgan fingerprint density at radius 3 is 2.37 bits per heavy atom. The van der Waals surface area contributed by atoms with Gasteiger partial charge in [0.25, 0.3) is 0 Å². The van der Waals surface area contributed by atoms with E-state index in [-0.39, 0.29) is 11.9 Å². The van der Waals surface area contributed by atoms with E-state index in [0.717, 1.165) is 19.6 Å². The number of hydrogen-bond acceptors (Lipinski definition) is 3. The monoisotopic (exact) mass is 269 g/mol. The van der Waals surface area contributed by atoms with Crippen molar-refractivity contribution in [2.24, 2.45) is 11.8 Å². The van der Waals surface area contributed by atoms with Crippen molar-refractivity contribution >= 4 is 5.97 Å². The maximum atomic E-state index is 11.6. The van der Waals surface area contributed by atoms with E-state index in [1.54, 1.807) is 0 Å². The summed E-state index contributed by atoms with van der Waals surface area (Å²) < 4.78 is 4.87. The van der Waals surface area contributed by atoms with Gasteiger partial charge in [-0.1, -0.05) is 52.4 Å².